The fourth-order valence-electron chi connectivity index (χ4n) is 4.63. The van der Waals surface area contributed by atoms with Gasteiger partial charge in [0.1, 0.15) is 11.6 Å². The molecular formula is C17H28N4O. The molecule has 1 saturated heterocycles. The number of likely N-dealkylation sites (tertiary alicyclic amines) is 1. The Morgan fingerprint density at radius 3 is 2.64 bits per heavy atom. The van der Waals surface area contributed by atoms with Crippen molar-refractivity contribution >= 4 is 0 Å². The minimum atomic E-state index is -0.0950. The monoisotopic (exact) mass is 304 g/mol. The largest absolute Gasteiger partial charge is 0.393 e. The molecule has 0 unspecified atom stereocenters. The molecule has 0 amide bonds. The molecule has 0 radical (unpaired) electrons. The summed E-state index contributed by atoms with van der Waals surface area (Å²) in [5.41, 5.74) is 0. The van der Waals surface area contributed by atoms with Crippen molar-refractivity contribution in [2.75, 3.05) is 6.54 Å². The average molecular weight is 304 g/mol. The quantitative estimate of drug-likeness (QED) is 0.928. The molecule has 0 spiro atoms. The van der Waals surface area contributed by atoms with Crippen molar-refractivity contribution in [3.8, 4) is 0 Å². The van der Waals surface area contributed by atoms with Gasteiger partial charge in [0.25, 0.3) is 0 Å². The van der Waals surface area contributed by atoms with Crippen LogP contribution in [0.15, 0.2) is 0 Å². The van der Waals surface area contributed by atoms with Gasteiger partial charge in [-0.25, -0.2) is 0 Å². The molecule has 4 rings (SSSR count). The van der Waals surface area contributed by atoms with Gasteiger partial charge in [0.05, 0.1) is 12.6 Å². The summed E-state index contributed by atoms with van der Waals surface area (Å²) < 4.78 is 2.35. The van der Waals surface area contributed by atoms with E-state index in [-0.39, 0.29) is 6.10 Å². The molecule has 0 aromatic carbocycles. The molecule has 22 heavy (non-hydrogen) atoms. The van der Waals surface area contributed by atoms with Crippen LogP contribution in [0.2, 0.25) is 0 Å². The van der Waals surface area contributed by atoms with Crippen LogP contribution >= 0.6 is 0 Å². The average Bonchev–Trinajstić information content (AvgIpc) is 3.13. The van der Waals surface area contributed by atoms with Crippen LogP contribution in [0.4, 0.5) is 0 Å². The maximum Gasteiger partial charge on any atom is 0.147 e. The van der Waals surface area contributed by atoms with Gasteiger partial charge in [-0.05, 0) is 52.0 Å². The number of aromatic nitrogens is 3. The number of nitrogens with zero attached hydrogens (tertiary/aromatic N) is 4. The Labute approximate surface area is 132 Å². The van der Waals surface area contributed by atoms with Gasteiger partial charge in [0.2, 0.25) is 0 Å². The number of aryl methyl sites for hydroxylation is 1. The smallest absolute Gasteiger partial charge is 0.147 e. The Hall–Kier alpha value is -0.940. The lowest BCUT2D eigenvalue weighted by molar-refractivity contribution is 0.0193. The van der Waals surface area contributed by atoms with E-state index in [1.165, 1.54) is 44.9 Å². The van der Waals surface area contributed by atoms with E-state index in [2.05, 4.69) is 26.6 Å². The highest BCUT2D eigenvalue weighted by Gasteiger charge is 2.38. The van der Waals surface area contributed by atoms with Gasteiger partial charge in [0, 0.05) is 18.0 Å². The summed E-state index contributed by atoms with van der Waals surface area (Å²) >= 11 is 0. The van der Waals surface area contributed by atoms with Gasteiger partial charge in [-0.3, -0.25) is 4.90 Å². The predicted molar refractivity (Wildman–Crippen MR) is 84.4 cm³/mol. The van der Waals surface area contributed by atoms with Crippen LogP contribution in [0.3, 0.4) is 0 Å². The molecule has 1 N–H and O–H groups in total. The Balaban J connectivity index is 1.49. The zero-order valence-corrected chi connectivity index (χ0v) is 13.6. The molecule has 1 aliphatic heterocycles. The summed E-state index contributed by atoms with van der Waals surface area (Å²) in [6.45, 7) is 4.12. The number of aliphatic hydroxyl groups excluding tert-OH is 1. The van der Waals surface area contributed by atoms with Gasteiger partial charge in [0.15, 0.2) is 0 Å². The second kappa shape index (κ2) is 5.93. The minimum Gasteiger partial charge on any atom is -0.393 e. The highest BCUT2D eigenvalue weighted by Crippen LogP contribution is 2.38. The Bertz CT molecular complexity index is 525. The Morgan fingerprint density at radius 1 is 1.05 bits per heavy atom. The molecular weight excluding hydrogens is 276 g/mol. The molecule has 3 atom stereocenters. The lowest BCUT2D eigenvalue weighted by Gasteiger charge is -2.37. The third-order valence-electron chi connectivity index (χ3n) is 5.88. The van der Waals surface area contributed by atoms with E-state index in [1.807, 2.05) is 0 Å². The zero-order chi connectivity index (χ0) is 15.1. The van der Waals surface area contributed by atoms with E-state index in [0.29, 0.717) is 18.0 Å². The van der Waals surface area contributed by atoms with Crippen molar-refractivity contribution in [2.24, 2.45) is 5.92 Å². The number of hydrogen-bond acceptors (Lipinski definition) is 4. The van der Waals surface area contributed by atoms with E-state index in [9.17, 15) is 5.11 Å². The van der Waals surface area contributed by atoms with Crippen molar-refractivity contribution in [1.82, 2.24) is 19.7 Å². The molecule has 2 aliphatic carbocycles. The summed E-state index contributed by atoms with van der Waals surface area (Å²) in [5, 5.41) is 19.2. The van der Waals surface area contributed by atoms with Gasteiger partial charge in [-0.15, -0.1) is 10.2 Å². The summed E-state index contributed by atoms with van der Waals surface area (Å²) in [6, 6.07) is 1.19. The van der Waals surface area contributed by atoms with Crippen LogP contribution in [-0.2, 0) is 6.54 Å². The van der Waals surface area contributed by atoms with Crippen LogP contribution in [0.5, 0.6) is 0 Å². The Morgan fingerprint density at radius 2 is 1.86 bits per heavy atom. The van der Waals surface area contributed by atoms with Crippen molar-refractivity contribution in [3.05, 3.63) is 11.6 Å². The highest BCUT2D eigenvalue weighted by atomic mass is 16.3. The van der Waals surface area contributed by atoms with Crippen LogP contribution in [0.25, 0.3) is 0 Å². The topological polar surface area (TPSA) is 54.2 Å². The maximum absolute atomic E-state index is 10.4. The third kappa shape index (κ3) is 2.69. The molecule has 2 heterocycles. The fourth-order valence-corrected chi connectivity index (χ4v) is 4.63. The van der Waals surface area contributed by atoms with E-state index in [1.54, 1.807) is 0 Å². The van der Waals surface area contributed by atoms with Crippen molar-refractivity contribution in [3.63, 3.8) is 0 Å². The van der Waals surface area contributed by atoms with Crippen LogP contribution < -0.4 is 0 Å². The van der Waals surface area contributed by atoms with Crippen LogP contribution in [-0.4, -0.2) is 43.5 Å². The number of rotatable bonds is 4. The SMILES string of the molecule is Cc1nnc(CN2CCC[C@@H]2[C@H]2CCCC[C@@H]2O)n1C1CC1. The van der Waals surface area contributed by atoms with Crippen LogP contribution in [0.1, 0.15) is 69.1 Å². The first kappa shape index (κ1) is 14.6. The lowest BCUT2D eigenvalue weighted by atomic mass is 9.80. The number of hydrogen-bond donors (Lipinski definition) is 1. The zero-order valence-electron chi connectivity index (χ0n) is 13.6. The van der Waals surface area contributed by atoms with Gasteiger partial charge >= 0.3 is 0 Å². The van der Waals surface area contributed by atoms with E-state index in [0.717, 1.165) is 31.2 Å². The molecule has 2 saturated carbocycles. The second-order valence-electron chi connectivity index (χ2n) is 7.46. The standard InChI is InChI=1S/C17H28N4O/c1-12-18-19-17(21(12)13-8-9-13)11-20-10-4-6-15(20)14-5-2-3-7-16(14)22/h13-16,22H,2-11H2,1H3/t14-,15-,16+/m1/s1. The van der Waals surface area contributed by atoms with E-state index < -0.39 is 0 Å². The summed E-state index contributed by atoms with van der Waals surface area (Å²) in [4.78, 5) is 2.57. The molecule has 5 nitrogen and oxygen atoms in total. The maximum atomic E-state index is 10.4. The first-order valence-corrected chi connectivity index (χ1v) is 9.06. The van der Waals surface area contributed by atoms with E-state index >= 15 is 0 Å². The van der Waals surface area contributed by atoms with Crippen molar-refractivity contribution < 1.29 is 5.11 Å². The molecule has 5 heteroatoms. The lowest BCUT2D eigenvalue weighted by Crippen LogP contribution is -2.42. The molecule has 122 valence electrons. The molecule has 1 aromatic heterocycles. The summed E-state index contributed by atoms with van der Waals surface area (Å²) in [6.07, 6.45) is 9.60. The fraction of sp³-hybridized carbons (Fsp3) is 0.882. The summed E-state index contributed by atoms with van der Waals surface area (Å²) in [7, 11) is 0. The first-order chi connectivity index (χ1) is 10.7. The molecule has 3 fully saturated rings. The number of aliphatic hydroxyl groups is 1. The molecule has 0 bridgehead atoms. The van der Waals surface area contributed by atoms with Crippen LogP contribution in [0, 0.1) is 12.8 Å². The van der Waals surface area contributed by atoms with Gasteiger partial charge < -0.3 is 9.67 Å². The normalized spacial score (nSPS) is 33.5. The Kier molecular flexibility index (Phi) is 3.95. The first-order valence-electron chi connectivity index (χ1n) is 9.06. The summed E-state index contributed by atoms with van der Waals surface area (Å²) in [5.74, 6) is 2.66. The molecule has 3 aliphatic rings. The van der Waals surface area contributed by atoms with Crippen molar-refractivity contribution in [1.29, 1.82) is 0 Å². The van der Waals surface area contributed by atoms with Gasteiger partial charge in [-0.2, -0.15) is 0 Å². The van der Waals surface area contributed by atoms with Gasteiger partial charge in [-0.1, -0.05) is 12.8 Å². The minimum absolute atomic E-state index is 0.0950. The molecule has 1 aromatic rings. The van der Waals surface area contributed by atoms with Crippen molar-refractivity contribution in [2.45, 2.75) is 83.0 Å². The highest BCUT2D eigenvalue weighted by molar-refractivity contribution is 5.03. The predicted octanol–water partition coefficient (Wildman–Crippen LogP) is 2.44. The second-order valence-corrected chi connectivity index (χ2v) is 7.46. The third-order valence-corrected chi connectivity index (χ3v) is 5.88. The van der Waals surface area contributed by atoms with E-state index in [4.69, 9.17) is 0 Å².